The van der Waals surface area contributed by atoms with E-state index < -0.39 is 11.8 Å². The lowest BCUT2D eigenvalue weighted by atomic mass is 10.1. The van der Waals surface area contributed by atoms with Gasteiger partial charge in [-0.25, -0.2) is 0 Å². The number of benzene rings is 2. The monoisotopic (exact) mass is 395 g/mol. The number of para-hydroxylation sites is 1. The molecular formula is C22H25N3O4. The molecule has 0 aliphatic carbocycles. The summed E-state index contributed by atoms with van der Waals surface area (Å²) in [5.41, 5.74) is 1.72. The fourth-order valence-electron chi connectivity index (χ4n) is 3.12. The number of anilines is 1. The van der Waals surface area contributed by atoms with Gasteiger partial charge in [0.25, 0.3) is 5.91 Å². The number of carbonyl (C=O) groups is 3. The average molecular weight is 395 g/mol. The second-order valence-electron chi connectivity index (χ2n) is 6.84. The van der Waals surface area contributed by atoms with Gasteiger partial charge < -0.3 is 20.7 Å². The van der Waals surface area contributed by atoms with Crippen LogP contribution in [0.15, 0.2) is 54.6 Å². The van der Waals surface area contributed by atoms with Crippen LogP contribution in [0.4, 0.5) is 5.69 Å². The van der Waals surface area contributed by atoms with Crippen LogP contribution < -0.4 is 16.0 Å². The molecule has 0 radical (unpaired) electrons. The summed E-state index contributed by atoms with van der Waals surface area (Å²) in [5, 5.41) is 7.94. The molecule has 2 aromatic rings. The third kappa shape index (κ3) is 6.15. The minimum atomic E-state index is -0.812. The smallest absolute Gasteiger partial charge is 0.313 e. The molecule has 1 heterocycles. The molecule has 1 saturated heterocycles. The molecule has 1 fully saturated rings. The highest BCUT2D eigenvalue weighted by molar-refractivity contribution is 6.40. The highest BCUT2D eigenvalue weighted by atomic mass is 16.5. The number of hydrogen-bond acceptors (Lipinski definition) is 4. The van der Waals surface area contributed by atoms with Gasteiger partial charge in [-0.15, -0.1) is 0 Å². The SMILES string of the molecule is O=C(NC[C@H]1CCCO1)C(=O)Nc1ccccc1C(=O)NCCc1ccccc1. The molecule has 0 bridgehead atoms. The van der Waals surface area contributed by atoms with E-state index in [2.05, 4.69) is 16.0 Å². The molecule has 152 valence electrons. The molecule has 0 aromatic heterocycles. The molecule has 7 nitrogen and oxygen atoms in total. The zero-order valence-electron chi connectivity index (χ0n) is 16.1. The van der Waals surface area contributed by atoms with E-state index in [0.717, 1.165) is 18.4 Å². The van der Waals surface area contributed by atoms with Gasteiger partial charge in [0.2, 0.25) is 0 Å². The summed E-state index contributed by atoms with van der Waals surface area (Å²) in [4.78, 5) is 36.8. The van der Waals surface area contributed by atoms with Gasteiger partial charge in [-0.1, -0.05) is 42.5 Å². The van der Waals surface area contributed by atoms with Crippen LogP contribution in [-0.2, 0) is 20.7 Å². The third-order valence-corrected chi connectivity index (χ3v) is 4.68. The summed E-state index contributed by atoms with van der Waals surface area (Å²) in [6, 6.07) is 16.4. The van der Waals surface area contributed by atoms with E-state index in [1.165, 1.54) is 0 Å². The van der Waals surface area contributed by atoms with E-state index in [9.17, 15) is 14.4 Å². The van der Waals surface area contributed by atoms with E-state index in [1.54, 1.807) is 24.3 Å². The van der Waals surface area contributed by atoms with Crippen molar-refractivity contribution >= 4 is 23.4 Å². The fourth-order valence-corrected chi connectivity index (χ4v) is 3.12. The van der Waals surface area contributed by atoms with Crippen molar-refractivity contribution in [2.75, 3.05) is 25.0 Å². The van der Waals surface area contributed by atoms with Gasteiger partial charge in [0.15, 0.2) is 0 Å². The Bertz CT molecular complexity index is 848. The Morgan fingerprint density at radius 2 is 1.69 bits per heavy atom. The molecule has 0 unspecified atom stereocenters. The van der Waals surface area contributed by atoms with E-state index in [1.807, 2.05) is 30.3 Å². The molecule has 1 aliphatic rings. The second-order valence-corrected chi connectivity index (χ2v) is 6.84. The highest BCUT2D eigenvalue weighted by Crippen LogP contribution is 2.15. The zero-order valence-corrected chi connectivity index (χ0v) is 16.1. The fraction of sp³-hybridized carbons (Fsp3) is 0.318. The first-order valence-corrected chi connectivity index (χ1v) is 9.75. The quantitative estimate of drug-likeness (QED) is 0.624. The molecule has 2 aromatic carbocycles. The molecule has 1 aliphatic heterocycles. The van der Waals surface area contributed by atoms with Gasteiger partial charge in [0, 0.05) is 19.7 Å². The Hall–Kier alpha value is -3.19. The molecule has 29 heavy (non-hydrogen) atoms. The van der Waals surface area contributed by atoms with Gasteiger partial charge in [-0.3, -0.25) is 14.4 Å². The molecular weight excluding hydrogens is 370 g/mol. The maximum Gasteiger partial charge on any atom is 0.313 e. The third-order valence-electron chi connectivity index (χ3n) is 4.68. The summed E-state index contributed by atoms with van der Waals surface area (Å²) < 4.78 is 5.42. The molecule has 3 amide bonds. The van der Waals surface area contributed by atoms with Gasteiger partial charge in [-0.05, 0) is 37.0 Å². The van der Waals surface area contributed by atoms with E-state index in [0.29, 0.717) is 37.4 Å². The molecule has 3 N–H and O–H groups in total. The van der Waals surface area contributed by atoms with Crippen molar-refractivity contribution in [3.8, 4) is 0 Å². The van der Waals surface area contributed by atoms with Crippen LogP contribution in [0.5, 0.6) is 0 Å². The predicted octanol–water partition coefficient (Wildman–Crippen LogP) is 1.89. The number of rotatable bonds is 7. The topological polar surface area (TPSA) is 96.5 Å². The van der Waals surface area contributed by atoms with E-state index in [-0.39, 0.29) is 12.0 Å². The number of nitrogens with one attached hydrogen (secondary N) is 3. The highest BCUT2D eigenvalue weighted by Gasteiger charge is 2.20. The van der Waals surface area contributed by atoms with Crippen molar-refractivity contribution in [3.05, 3.63) is 65.7 Å². The Labute approximate surface area is 169 Å². The van der Waals surface area contributed by atoms with Crippen molar-refractivity contribution in [1.82, 2.24) is 10.6 Å². The van der Waals surface area contributed by atoms with Gasteiger partial charge in [0.1, 0.15) is 0 Å². The summed E-state index contributed by atoms with van der Waals surface area (Å²) in [7, 11) is 0. The average Bonchev–Trinajstić information content (AvgIpc) is 3.26. The number of ether oxygens (including phenoxy) is 1. The summed E-state index contributed by atoms with van der Waals surface area (Å²) >= 11 is 0. The first-order valence-electron chi connectivity index (χ1n) is 9.75. The predicted molar refractivity (Wildman–Crippen MR) is 110 cm³/mol. The first-order chi connectivity index (χ1) is 14.1. The Kier molecular flexibility index (Phi) is 7.35. The van der Waals surface area contributed by atoms with Crippen molar-refractivity contribution in [3.63, 3.8) is 0 Å². The lowest BCUT2D eigenvalue weighted by Gasteiger charge is -2.13. The van der Waals surface area contributed by atoms with E-state index in [4.69, 9.17) is 4.74 Å². The summed E-state index contributed by atoms with van der Waals surface area (Å²) in [5.74, 6) is -1.87. The van der Waals surface area contributed by atoms with Crippen molar-refractivity contribution in [1.29, 1.82) is 0 Å². The maximum absolute atomic E-state index is 12.5. The first kappa shape index (κ1) is 20.5. The Morgan fingerprint density at radius 1 is 0.931 bits per heavy atom. The van der Waals surface area contributed by atoms with Crippen molar-refractivity contribution in [2.45, 2.75) is 25.4 Å². The number of carbonyl (C=O) groups excluding carboxylic acids is 3. The van der Waals surface area contributed by atoms with E-state index >= 15 is 0 Å². The molecule has 1 atom stereocenters. The Balaban J connectivity index is 1.52. The summed E-state index contributed by atoms with van der Waals surface area (Å²) in [6.45, 7) is 1.44. The number of hydrogen-bond donors (Lipinski definition) is 3. The minimum absolute atomic E-state index is 0.0468. The Morgan fingerprint density at radius 3 is 2.45 bits per heavy atom. The van der Waals surface area contributed by atoms with Crippen LogP contribution in [-0.4, -0.2) is 43.5 Å². The lowest BCUT2D eigenvalue weighted by Crippen LogP contribution is -2.39. The lowest BCUT2D eigenvalue weighted by molar-refractivity contribution is -0.136. The van der Waals surface area contributed by atoms with Crippen LogP contribution in [0.3, 0.4) is 0 Å². The van der Waals surface area contributed by atoms with Crippen LogP contribution >= 0.6 is 0 Å². The molecule has 0 saturated carbocycles. The largest absolute Gasteiger partial charge is 0.376 e. The van der Waals surface area contributed by atoms with Crippen LogP contribution in [0.2, 0.25) is 0 Å². The van der Waals surface area contributed by atoms with Crippen LogP contribution in [0, 0.1) is 0 Å². The van der Waals surface area contributed by atoms with Crippen molar-refractivity contribution < 1.29 is 19.1 Å². The summed E-state index contributed by atoms with van der Waals surface area (Å²) in [6.07, 6.45) is 2.48. The van der Waals surface area contributed by atoms with Gasteiger partial charge in [-0.2, -0.15) is 0 Å². The minimum Gasteiger partial charge on any atom is -0.376 e. The molecule has 7 heteroatoms. The van der Waals surface area contributed by atoms with Gasteiger partial charge >= 0.3 is 11.8 Å². The molecule has 0 spiro atoms. The normalized spacial score (nSPS) is 15.5. The maximum atomic E-state index is 12.5. The standard InChI is InChI=1S/C22H25N3O4/c26-20(23-13-12-16-7-2-1-3-8-16)18-10-4-5-11-19(18)25-22(28)21(27)24-15-17-9-6-14-29-17/h1-5,7-8,10-11,17H,6,9,12-15H2,(H,23,26)(H,24,27)(H,25,28)/t17-/m1/s1. The second kappa shape index (κ2) is 10.4. The van der Waals surface area contributed by atoms with Crippen molar-refractivity contribution in [2.24, 2.45) is 0 Å². The zero-order chi connectivity index (χ0) is 20.5. The van der Waals surface area contributed by atoms with Gasteiger partial charge in [0.05, 0.1) is 17.4 Å². The molecule has 3 rings (SSSR count). The van der Waals surface area contributed by atoms with Crippen LogP contribution in [0.1, 0.15) is 28.8 Å². The number of amides is 3. The van der Waals surface area contributed by atoms with Crippen LogP contribution in [0.25, 0.3) is 0 Å².